The van der Waals surface area contributed by atoms with Crippen LogP contribution >= 0.6 is 0 Å². The van der Waals surface area contributed by atoms with Gasteiger partial charge in [-0.25, -0.2) is 0 Å². The summed E-state index contributed by atoms with van der Waals surface area (Å²) in [6.07, 6.45) is 1.75. The van der Waals surface area contributed by atoms with E-state index >= 15 is 0 Å². The van der Waals surface area contributed by atoms with Crippen LogP contribution in [0.4, 0.5) is 0 Å². The van der Waals surface area contributed by atoms with Crippen molar-refractivity contribution in [1.29, 1.82) is 0 Å². The van der Waals surface area contributed by atoms with Crippen LogP contribution in [0.5, 0.6) is 0 Å². The van der Waals surface area contributed by atoms with Gasteiger partial charge in [0.15, 0.2) is 0 Å². The highest BCUT2D eigenvalue weighted by molar-refractivity contribution is 5.04. The third-order valence-electron chi connectivity index (χ3n) is 2.90. The SMILES string of the molecule is C[C@@H]1CN([C@@H](C)c2ccco2)CCN1. The molecule has 1 N–H and O–H groups in total. The molecule has 2 rings (SSSR count). The zero-order chi connectivity index (χ0) is 9.97. The Kier molecular flexibility index (Phi) is 2.89. The van der Waals surface area contributed by atoms with Crippen LogP contribution in [0.2, 0.25) is 0 Å². The van der Waals surface area contributed by atoms with E-state index in [-0.39, 0.29) is 0 Å². The van der Waals surface area contributed by atoms with Crippen molar-refractivity contribution in [3.05, 3.63) is 24.2 Å². The monoisotopic (exact) mass is 194 g/mol. The van der Waals surface area contributed by atoms with E-state index in [1.54, 1.807) is 6.26 Å². The summed E-state index contributed by atoms with van der Waals surface area (Å²) in [6.45, 7) is 7.71. The Morgan fingerprint density at radius 3 is 3.14 bits per heavy atom. The van der Waals surface area contributed by atoms with Crippen molar-refractivity contribution in [2.45, 2.75) is 25.9 Å². The Morgan fingerprint density at radius 1 is 1.64 bits per heavy atom. The van der Waals surface area contributed by atoms with Crippen LogP contribution < -0.4 is 5.32 Å². The Labute approximate surface area is 85.1 Å². The van der Waals surface area contributed by atoms with Crippen molar-refractivity contribution in [2.24, 2.45) is 0 Å². The van der Waals surface area contributed by atoms with Crippen LogP contribution in [0.25, 0.3) is 0 Å². The van der Waals surface area contributed by atoms with E-state index in [4.69, 9.17) is 4.42 Å². The molecule has 1 aromatic rings. The van der Waals surface area contributed by atoms with Gasteiger partial charge in [-0.2, -0.15) is 0 Å². The number of hydrogen-bond acceptors (Lipinski definition) is 3. The molecule has 0 radical (unpaired) electrons. The van der Waals surface area contributed by atoms with E-state index in [0.717, 1.165) is 25.4 Å². The van der Waals surface area contributed by atoms with Gasteiger partial charge in [-0.05, 0) is 26.0 Å². The van der Waals surface area contributed by atoms with Gasteiger partial charge >= 0.3 is 0 Å². The summed E-state index contributed by atoms with van der Waals surface area (Å²) in [4.78, 5) is 2.46. The molecule has 1 fully saturated rings. The summed E-state index contributed by atoms with van der Waals surface area (Å²) in [7, 11) is 0. The lowest BCUT2D eigenvalue weighted by Gasteiger charge is -2.35. The Bertz CT molecular complexity index is 271. The lowest BCUT2D eigenvalue weighted by atomic mass is 10.1. The standard InChI is InChI=1S/C11H18N2O/c1-9-8-13(6-5-12-9)10(2)11-4-3-7-14-11/h3-4,7,9-10,12H,5-6,8H2,1-2H3/t9-,10+/m1/s1. The van der Waals surface area contributed by atoms with Crippen LogP contribution in [0.3, 0.4) is 0 Å². The van der Waals surface area contributed by atoms with E-state index in [1.807, 2.05) is 6.07 Å². The molecule has 78 valence electrons. The molecule has 14 heavy (non-hydrogen) atoms. The molecule has 1 aliphatic rings. The van der Waals surface area contributed by atoms with E-state index in [2.05, 4.69) is 30.1 Å². The number of nitrogens with zero attached hydrogens (tertiary/aromatic N) is 1. The van der Waals surface area contributed by atoms with Crippen LogP contribution in [0, 0.1) is 0 Å². The number of piperazine rings is 1. The maximum absolute atomic E-state index is 5.42. The predicted octanol–water partition coefficient (Wildman–Crippen LogP) is 1.63. The second-order valence-electron chi connectivity index (χ2n) is 4.04. The summed E-state index contributed by atoms with van der Waals surface area (Å²) in [5.74, 6) is 1.07. The summed E-state index contributed by atoms with van der Waals surface area (Å²) in [6, 6.07) is 4.99. The summed E-state index contributed by atoms with van der Waals surface area (Å²) in [5.41, 5.74) is 0. The first-order chi connectivity index (χ1) is 6.77. The average Bonchev–Trinajstić information content (AvgIpc) is 2.69. The normalized spacial score (nSPS) is 26.3. The van der Waals surface area contributed by atoms with Crippen molar-refractivity contribution in [1.82, 2.24) is 10.2 Å². The van der Waals surface area contributed by atoms with E-state index in [0.29, 0.717) is 12.1 Å². The summed E-state index contributed by atoms with van der Waals surface area (Å²) >= 11 is 0. The minimum Gasteiger partial charge on any atom is -0.468 e. The lowest BCUT2D eigenvalue weighted by Crippen LogP contribution is -2.49. The van der Waals surface area contributed by atoms with Crippen molar-refractivity contribution >= 4 is 0 Å². The topological polar surface area (TPSA) is 28.4 Å². The van der Waals surface area contributed by atoms with Gasteiger partial charge in [0, 0.05) is 25.7 Å². The largest absolute Gasteiger partial charge is 0.468 e. The molecular weight excluding hydrogens is 176 g/mol. The van der Waals surface area contributed by atoms with Crippen molar-refractivity contribution < 1.29 is 4.42 Å². The molecule has 3 heteroatoms. The van der Waals surface area contributed by atoms with Gasteiger partial charge in [0.05, 0.1) is 12.3 Å². The van der Waals surface area contributed by atoms with Crippen molar-refractivity contribution in [3.8, 4) is 0 Å². The molecule has 3 nitrogen and oxygen atoms in total. The first-order valence-electron chi connectivity index (χ1n) is 5.28. The molecule has 2 heterocycles. The minimum absolute atomic E-state index is 0.398. The fourth-order valence-electron chi connectivity index (χ4n) is 2.02. The highest BCUT2D eigenvalue weighted by Crippen LogP contribution is 2.21. The van der Waals surface area contributed by atoms with Crippen LogP contribution in [0.1, 0.15) is 25.6 Å². The highest BCUT2D eigenvalue weighted by atomic mass is 16.3. The maximum atomic E-state index is 5.42. The quantitative estimate of drug-likeness (QED) is 0.775. The van der Waals surface area contributed by atoms with Crippen LogP contribution in [-0.4, -0.2) is 30.6 Å². The molecular formula is C11H18N2O. The first-order valence-corrected chi connectivity index (χ1v) is 5.28. The van der Waals surface area contributed by atoms with E-state index in [9.17, 15) is 0 Å². The van der Waals surface area contributed by atoms with Crippen molar-refractivity contribution in [2.75, 3.05) is 19.6 Å². The molecule has 2 atom stereocenters. The molecule has 0 aromatic carbocycles. The van der Waals surface area contributed by atoms with Gasteiger partial charge in [0.25, 0.3) is 0 Å². The van der Waals surface area contributed by atoms with Gasteiger partial charge in [-0.1, -0.05) is 0 Å². The number of hydrogen-bond donors (Lipinski definition) is 1. The zero-order valence-corrected chi connectivity index (χ0v) is 8.86. The zero-order valence-electron chi connectivity index (χ0n) is 8.86. The Hall–Kier alpha value is -0.800. The molecule has 0 unspecified atom stereocenters. The van der Waals surface area contributed by atoms with Gasteiger partial charge in [-0.3, -0.25) is 4.90 Å². The number of rotatable bonds is 2. The Morgan fingerprint density at radius 2 is 2.50 bits per heavy atom. The van der Waals surface area contributed by atoms with Crippen LogP contribution in [0.15, 0.2) is 22.8 Å². The average molecular weight is 194 g/mol. The summed E-state index contributed by atoms with van der Waals surface area (Å²) in [5, 5.41) is 3.44. The lowest BCUT2D eigenvalue weighted by molar-refractivity contribution is 0.143. The van der Waals surface area contributed by atoms with E-state index in [1.165, 1.54) is 0 Å². The van der Waals surface area contributed by atoms with E-state index < -0.39 is 0 Å². The molecule has 1 aliphatic heterocycles. The minimum atomic E-state index is 0.398. The molecule has 0 saturated carbocycles. The molecule has 0 amide bonds. The number of furan rings is 1. The fourth-order valence-corrected chi connectivity index (χ4v) is 2.02. The molecule has 1 saturated heterocycles. The summed E-state index contributed by atoms with van der Waals surface area (Å²) < 4.78 is 5.42. The van der Waals surface area contributed by atoms with Gasteiger partial charge in [0.2, 0.25) is 0 Å². The second-order valence-corrected chi connectivity index (χ2v) is 4.04. The number of nitrogens with one attached hydrogen (secondary N) is 1. The van der Waals surface area contributed by atoms with Gasteiger partial charge < -0.3 is 9.73 Å². The van der Waals surface area contributed by atoms with Gasteiger partial charge in [0.1, 0.15) is 5.76 Å². The maximum Gasteiger partial charge on any atom is 0.120 e. The molecule has 0 bridgehead atoms. The highest BCUT2D eigenvalue weighted by Gasteiger charge is 2.22. The fraction of sp³-hybridized carbons (Fsp3) is 0.636. The molecule has 0 spiro atoms. The molecule has 0 aliphatic carbocycles. The van der Waals surface area contributed by atoms with Crippen molar-refractivity contribution in [3.63, 3.8) is 0 Å². The first kappa shape index (κ1) is 9.74. The third-order valence-corrected chi connectivity index (χ3v) is 2.90. The third kappa shape index (κ3) is 1.99. The molecule has 1 aromatic heterocycles. The van der Waals surface area contributed by atoms with Gasteiger partial charge in [-0.15, -0.1) is 0 Å². The smallest absolute Gasteiger partial charge is 0.120 e. The Balaban J connectivity index is 2.00. The predicted molar refractivity (Wildman–Crippen MR) is 56.2 cm³/mol. The second kappa shape index (κ2) is 4.15. The van der Waals surface area contributed by atoms with Crippen LogP contribution in [-0.2, 0) is 0 Å².